The van der Waals surface area contributed by atoms with Gasteiger partial charge in [-0.1, -0.05) is 52.0 Å². The number of anilines is 2. The van der Waals surface area contributed by atoms with Crippen molar-refractivity contribution in [3.8, 4) is 5.75 Å². The molecule has 1 heterocycles. The Morgan fingerprint density at radius 2 is 1.52 bits per heavy atom. The molecule has 0 saturated heterocycles. The van der Waals surface area contributed by atoms with Gasteiger partial charge in [0.25, 0.3) is 0 Å². The van der Waals surface area contributed by atoms with Gasteiger partial charge in [-0.15, -0.1) is 0 Å². The van der Waals surface area contributed by atoms with E-state index in [1.807, 2.05) is 76.2 Å². The summed E-state index contributed by atoms with van der Waals surface area (Å²) in [7, 11) is 1.65. The van der Waals surface area contributed by atoms with Gasteiger partial charge < -0.3 is 10.1 Å². The normalized spacial score (nSPS) is 9.09. The first kappa shape index (κ1) is 18.4. The minimum atomic E-state index is 0.744. The van der Waals surface area contributed by atoms with E-state index in [0.717, 1.165) is 28.2 Å². The molecule has 0 aliphatic heterocycles. The molecule has 122 valence electrons. The molecule has 0 atom stereocenters. The number of fused-ring (bicyclic) bond motifs is 1. The Labute approximate surface area is 138 Å². The minimum Gasteiger partial charge on any atom is -0.496 e. The Hall–Kier alpha value is -2.62. The molecule has 0 fully saturated rings. The van der Waals surface area contributed by atoms with Crippen molar-refractivity contribution in [1.29, 1.82) is 0 Å². The van der Waals surface area contributed by atoms with Gasteiger partial charge >= 0.3 is 0 Å². The van der Waals surface area contributed by atoms with Gasteiger partial charge in [0.05, 0.1) is 18.0 Å². The molecule has 0 bridgehead atoms. The van der Waals surface area contributed by atoms with Crippen LogP contribution >= 0.6 is 0 Å². The average Bonchev–Trinajstić information content (AvgIpc) is 2.65. The topological polar surface area (TPSA) is 47.0 Å². The van der Waals surface area contributed by atoms with E-state index < -0.39 is 0 Å². The standard InChI is InChI=1S/C15H13N3O.2C2H6/c1-19-13-9-5-8-12-14(13)15(17-10-16-12)18-11-6-3-2-4-7-11;2*1-2/h2-10H,1H3,(H,16,17,18);2*1-2H3. The van der Waals surface area contributed by atoms with Crippen LogP contribution in [0.4, 0.5) is 11.5 Å². The van der Waals surface area contributed by atoms with Crippen LogP contribution in [0.25, 0.3) is 10.9 Å². The van der Waals surface area contributed by atoms with Gasteiger partial charge in [-0.05, 0) is 24.3 Å². The number of hydrogen-bond acceptors (Lipinski definition) is 4. The van der Waals surface area contributed by atoms with Crippen LogP contribution in [0.5, 0.6) is 5.75 Å². The van der Waals surface area contributed by atoms with Crippen LogP contribution in [0.15, 0.2) is 54.9 Å². The molecule has 0 amide bonds. The molecule has 2 aromatic carbocycles. The largest absolute Gasteiger partial charge is 0.496 e. The SMILES string of the molecule is CC.CC.COc1cccc2ncnc(Nc3ccccc3)c12. The molecular weight excluding hydrogens is 286 g/mol. The molecule has 0 radical (unpaired) electrons. The fourth-order valence-corrected chi connectivity index (χ4v) is 2.00. The van der Waals surface area contributed by atoms with Crippen molar-refractivity contribution in [3.63, 3.8) is 0 Å². The van der Waals surface area contributed by atoms with E-state index >= 15 is 0 Å². The van der Waals surface area contributed by atoms with Crippen LogP contribution in [0.3, 0.4) is 0 Å². The Balaban J connectivity index is 0.000000615. The predicted molar refractivity (Wildman–Crippen MR) is 98.5 cm³/mol. The number of nitrogens with zero attached hydrogens (tertiary/aromatic N) is 2. The summed E-state index contributed by atoms with van der Waals surface area (Å²) in [5.41, 5.74) is 1.83. The van der Waals surface area contributed by atoms with Crippen molar-refractivity contribution in [1.82, 2.24) is 9.97 Å². The third-order valence-corrected chi connectivity index (χ3v) is 2.88. The van der Waals surface area contributed by atoms with Crippen LogP contribution in [0.1, 0.15) is 27.7 Å². The molecule has 3 rings (SSSR count). The number of methoxy groups -OCH3 is 1. The van der Waals surface area contributed by atoms with Gasteiger partial charge in [0.2, 0.25) is 0 Å². The zero-order valence-electron chi connectivity index (χ0n) is 14.5. The van der Waals surface area contributed by atoms with Crippen molar-refractivity contribution in [2.75, 3.05) is 12.4 Å². The van der Waals surface area contributed by atoms with Gasteiger partial charge in [0.15, 0.2) is 0 Å². The van der Waals surface area contributed by atoms with E-state index in [-0.39, 0.29) is 0 Å². The lowest BCUT2D eigenvalue weighted by molar-refractivity contribution is 0.420. The average molecular weight is 311 g/mol. The number of nitrogens with one attached hydrogen (secondary N) is 1. The molecule has 0 aliphatic carbocycles. The van der Waals surface area contributed by atoms with Crippen LogP contribution in [0, 0.1) is 0 Å². The highest BCUT2D eigenvalue weighted by molar-refractivity contribution is 5.95. The van der Waals surface area contributed by atoms with Crippen molar-refractivity contribution in [2.45, 2.75) is 27.7 Å². The van der Waals surface area contributed by atoms with E-state index in [2.05, 4.69) is 15.3 Å². The van der Waals surface area contributed by atoms with Gasteiger partial charge in [0.1, 0.15) is 17.9 Å². The fourth-order valence-electron chi connectivity index (χ4n) is 2.00. The summed E-state index contributed by atoms with van der Waals surface area (Å²) in [6.07, 6.45) is 1.55. The molecule has 4 heteroatoms. The fraction of sp³-hybridized carbons (Fsp3) is 0.263. The molecule has 23 heavy (non-hydrogen) atoms. The van der Waals surface area contributed by atoms with Gasteiger partial charge in [0, 0.05) is 5.69 Å². The molecule has 1 N–H and O–H groups in total. The zero-order valence-corrected chi connectivity index (χ0v) is 14.5. The lowest BCUT2D eigenvalue weighted by Crippen LogP contribution is -1.97. The summed E-state index contributed by atoms with van der Waals surface area (Å²) in [5, 5.41) is 4.18. The molecule has 0 unspecified atom stereocenters. The van der Waals surface area contributed by atoms with Gasteiger partial charge in [-0.3, -0.25) is 0 Å². The van der Waals surface area contributed by atoms with Crippen molar-refractivity contribution in [3.05, 3.63) is 54.9 Å². The first-order chi connectivity index (χ1) is 11.4. The highest BCUT2D eigenvalue weighted by atomic mass is 16.5. The summed E-state index contributed by atoms with van der Waals surface area (Å²) >= 11 is 0. The van der Waals surface area contributed by atoms with E-state index in [1.54, 1.807) is 13.4 Å². The molecule has 0 saturated carbocycles. The molecule has 1 aromatic heterocycles. The summed E-state index contributed by atoms with van der Waals surface area (Å²) in [5.74, 6) is 1.50. The van der Waals surface area contributed by atoms with Crippen LogP contribution in [-0.4, -0.2) is 17.1 Å². The van der Waals surface area contributed by atoms with Crippen molar-refractivity contribution in [2.24, 2.45) is 0 Å². The number of rotatable bonds is 3. The maximum absolute atomic E-state index is 5.39. The second-order valence-corrected chi connectivity index (χ2v) is 4.07. The molecule has 4 nitrogen and oxygen atoms in total. The van der Waals surface area contributed by atoms with Gasteiger partial charge in [-0.25, -0.2) is 9.97 Å². The van der Waals surface area contributed by atoms with E-state index in [0.29, 0.717) is 0 Å². The quantitative estimate of drug-likeness (QED) is 0.700. The maximum atomic E-state index is 5.39. The lowest BCUT2D eigenvalue weighted by atomic mass is 10.2. The number of ether oxygens (including phenoxy) is 1. The molecule has 3 aromatic rings. The van der Waals surface area contributed by atoms with Crippen LogP contribution < -0.4 is 10.1 Å². The van der Waals surface area contributed by atoms with E-state index in [9.17, 15) is 0 Å². The summed E-state index contributed by atoms with van der Waals surface area (Å²) in [6.45, 7) is 8.00. The van der Waals surface area contributed by atoms with Crippen LogP contribution in [-0.2, 0) is 0 Å². The number of aromatic nitrogens is 2. The Kier molecular flexibility index (Phi) is 8.14. The molecule has 0 spiro atoms. The number of para-hydroxylation sites is 1. The Morgan fingerprint density at radius 1 is 0.826 bits per heavy atom. The highest BCUT2D eigenvalue weighted by Crippen LogP contribution is 2.30. The monoisotopic (exact) mass is 311 g/mol. The Morgan fingerprint density at radius 3 is 2.17 bits per heavy atom. The Bertz CT molecular complexity index is 694. The highest BCUT2D eigenvalue weighted by Gasteiger charge is 2.09. The van der Waals surface area contributed by atoms with Crippen LogP contribution in [0.2, 0.25) is 0 Å². The second-order valence-electron chi connectivity index (χ2n) is 4.07. The van der Waals surface area contributed by atoms with Crippen molar-refractivity contribution >= 4 is 22.4 Å². The predicted octanol–water partition coefficient (Wildman–Crippen LogP) is 5.43. The summed E-state index contributed by atoms with van der Waals surface area (Å²) in [6, 6.07) is 15.7. The molecule has 0 aliphatic rings. The first-order valence-electron chi connectivity index (χ1n) is 7.98. The lowest BCUT2D eigenvalue weighted by Gasteiger charge is -2.10. The minimum absolute atomic E-state index is 0.744. The van der Waals surface area contributed by atoms with Crippen molar-refractivity contribution < 1.29 is 4.74 Å². The summed E-state index contributed by atoms with van der Waals surface area (Å²) < 4.78 is 5.39. The molecular formula is C19H25N3O. The van der Waals surface area contributed by atoms with E-state index in [4.69, 9.17) is 4.74 Å². The summed E-state index contributed by atoms with van der Waals surface area (Å²) in [4.78, 5) is 8.57. The smallest absolute Gasteiger partial charge is 0.145 e. The third-order valence-electron chi connectivity index (χ3n) is 2.88. The van der Waals surface area contributed by atoms with E-state index in [1.165, 1.54) is 0 Å². The third kappa shape index (κ3) is 4.68. The van der Waals surface area contributed by atoms with Gasteiger partial charge in [-0.2, -0.15) is 0 Å². The first-order valence-corrected chi connectivity index (χ1v) is 7.98. The second kappa shape index (κ2) is 10.2. The number of hydrogen-bond donors (Lipinski definition) is 1. The zero-order chi connectivity index (χ0) is 17.1. The maximum Gasteiger partial charge on any atom is 0.145 e. The number of benzene rings is 2.